The zero-order valence-corrected chi connectivity index (χ0v) is 23.1. The molecule has 0 unspecified atom stereocenters. The number of piperidine rings is 1. The molecule has 2 aromatic rings. The van der Waals surface area contributed by atoms with Gasteiger partial charge in [0, 0.05) is 49.1 Å². The second-order valence-electron chi connectivity index (χ2n) is 11.2. The number of hydrogen-bond acceptors (Lipinski definition) is 8. The minimum absolute atomic E-state index is 0.151. The van der Waals surface area contributed by atoms with Gasteiger partial charge in [-0.05, 0) is 75.0 Å². The summed E-state index contributed by atoms with van der Waals surface area (Å²) >= 11 is 0. The first-order valence-electron chi connectivity index (χ1n) is 14.5. The number of benzene rings is 1. The zero-order chi connectivity index (χ0) is 27.9. The van der Waals surface area contributed by atoms with Gasteiger partial charge in [-0.15, -0.1) is 0 Å². The highest BCUT2D eigenvalue weighted by Crippen LogP contribution is 2.30. The molecule has 1 aromatic heterocycles. The Morgan fingerprint density at radius 3 is 2.10 bits per heavy atom. The Morgan fingerprint density at radius 2 is 1.50 bits per heavy atom. The maximum atomic E-state index is 12.6. The fourth-order valence-corrected chi connectivity index (χ4v) is 5.65. The van der Waals surface area contributed by atoms with Gasteiger partial charge in [0.05, 0.1) is 19.1 Å². The molecule has 1 aromatic carbocycles. The van der Waals surface area contributed by atoms with Gasteiger partial charge in [-0.1, -0.05) is 18.6 Å². The van der Waals surface area contributed by atoms with Crippen molar-refractivity contribution in [3.63, 3.8) is 0 Å². The Labute approximate surface area is 235 Å². The lowest BCUT2D eigenvalue weighted by atomic mass is 9.82. The first kappa shape index (κ1) is 28.0. The Balaban J connectivity index is 1.06. The SMILES string of the molecule is COC(=O)[C@H]1CC[C@H](C(=O)NNC(=O)c2ccc(-c3cnc(N4CCC(OCC5CCC5)CC4)nc3)cc2)CC1. The van der Waals surface area contributed by atoms with Gasteiger partial charge >= 0.3 is 5.97 Å². The Bertz CT molecular complexity index is 1150. The van der Waals surface area contributed by atoms with Crippen LogP contribution in [0.5, 0.6) is 0 Å². The maximum Gasteiger partial charge on any atom is 0.308 e. The molecule has 5 rings (SSSR count). The summed E-state index contributed by atoms with van der Waals surface area (Å²) in [6.07, 6.45) is 12.3. The molecule has 2 N–H and O–H groups in total. The van der Waals surface area contributed by atoms with Crippen molar-refractivity contribution in [1.82, 2.24) is 20.8 Å². The van der Waals surface area contributed by atoms with Crippen molar-refractivity contribution in [2.24, 2.45) is 17.8 Å². The van der Waals surface area contributed by atoms with Crippen molar-refractivity contribution in [3.05, 3.63) is 42.2 Å². The highest BCUT2D eigenvalue weighted by Gasteiger charge is 2.30. The predicted molar refractivity (Wildman–Crippen MR) is 149 cm³/mol. The fraction of sp³-hybridized carbons (Fsp3) is 0.567. The number of nitrogens with zero attached hydrogens (tertiary/aromatic N) is 3. The molecule has 40 heavy (non-hydrogen) atoms. The standard InChI is InChI=1S/C30H39N5O5/c1-39-29(38)24-11-9-23(10-12-24)28(37)34-33-27(36)22-7-5-21(6-8-22)25-17-31-30(32-18-25)35-15-13-26(14-16-35)40-19-20-3-2-4-20/h5-8,17-18,20,23-24,26H,2-4,9-16,19H2,1H3,(H,33,36)(H,34,37)/t23-,24-. The van der Waals surface area contributed by atoms with Crippen LogP contribution in [0.1, 0.15) is 68.1 Å². The number of nitrogens with one attached hydrogen (secondary N) is 2. The fourth-order valence-electron chi connectivity index (χ4n) is 5.65. The van der Waals surface area contributed by atoms with Crippen molar-refractivity contribution in [3.8, 4) is 11.1 Å². The second-order valence-corrected chi connectivity index (χ2v) is 11.2. The Hall–Kier alpha value is -3.53. The van der Waals surface area contributed by atoms with Gasteiger partial charge in [0.1, 0.15) is 0 Å². The third kappa shape index (κ3) is 6.96. The van der Waals surface area contributed by atoms with Crippen LogP contribution < -0.4 is 15.8 Å². The summed E-state index contributed by atoms with van der Waals surface area (Å²) in [4.78, 5) is 48.1. The molecule has 10 nitrogen and oxygen atoms in total. The number of carbonyl (C=O) groups excluding carboxylic acids is 3. The molecule has 0 atom stereocenters. The number of rotatable bonds is 8. The van der Waals surface area contributed by atoms with E-state index in [0.29, 0.717) is 37.4 Å². The van der Waals surface area contributed by atoms with Crippen LogP contribution in [-0.4, -0.2) is 60.7 Å². The predicted octanol–water partition coefficient (Wildman–Crippen LogP) is 3.67. The largest absolute Gasteiger partial charge is 0.469 e. The van der Waals surface area contributed by atoms with Crippen LogP contribution >= 0.6 is 0 Å². The number of aromatic nitrogens is 2. The van der Waals surface area contributed by atoms with Crippen molar-refractivity contribution >= 4 is 23.7 Å². The number of carbonyl (C=O) groups is 3. The summed E-state index contributed by atoms with van der Waals surface area (Å²) < 4.78 is 10.9. The molecule has 0 spiro atoms. The molecular weight excluding hydrogens is 510 g/mol. The third-order valence-corrected chi connectivity index (χ3v) is 8.57. The van der Waals surface area contributed by atoms with Crippen LogP contribution in [0.3, 0.4) is 0 Å². The summed E-state index contributed by atoms with van der Waals surface area (Å²) in [5, 5.41) is 0. The molecule has 2 amide bonds. The van der Waals surface area contributed by atoms with Crippen LogP contribution in [0.4, 0.5) is 5.95 Å². The quantitative estimate of drug-likeness (QED) is 0.378. The molecule has 2 saturated carbocycles. The molecule has 3 aliphatic rings. The van der Waals surface area contributed by atoms with Crippen molar-refractivity contribution in [2.45, 2.75) is 63.9 Å². The van der Waals surface area contributed by atoms with Gasteiger partial charge < -0.3 is 14.4 Å². The van der Waals surface area contributed by atoms with Gasteiger partial charge in [0.2, 0.25) is 11.9 Å². The summed E-state index contributed by atoms with van der Waals surface area (Å²) in [5.41, 5.74) is 7.22. The van der Waals surface area contributed by atoms with E-state index in [9.17, 15) is 14.4 Å². The van der Waals surface area contributed by atoms with E-state index in [1.54, 1.807) is 12.1 Å². The molecule has 3 fully saturated rings. The van der Waals surface area contributed by atoms with E-state index in [-0.39, 0.29) is 23.7 Å². The average Bonchev–Trinajstić information content (AvgIpc) is 2.99. The summed E-state index contributed by atoms with van der Waals surface area (Å²) in [7, 11) is 1.38. The molecule has 10 heteroatoms. The number of esters is 1. The van der Waals surface area contributed by atoms with Gasteiger partial charge in [0.15, 0.2) is 0 Å². The third-order valence-electron chi connectivity index (χ3n) is 8.57. The minimum Gasteiger partial charge on any atom is -0.469 e. The molecular formula is C30H39N5O5. The molecule has 2 aliphatic carbocycles. The van der Waals surface area contributed by atoms with E-state index in [4.69, 9.17) is 9.47 Å². The molecule has 1 saturated heterocycles. The number of ether oxygens (including phenoxy) is 2. The van der Waals surface area contributed by atoms with E-state index in [2.05, 4.69) is 25.7 Å². The monoisotopic (exact) mass is 549 g/mol. The maximum absolute atomic E-state index is 12.6. The molecule has 2 heterocycles. The van der Waals surface area contributed by atoms with Crippen molar-refractivity contribution in [2.75, 3.05) is 31.7 Å². The Morgan fingerprint density at radius 1 is 0.850 bits per heavy atom. The summed E-state index contributed by atoms with van der Waals surface area (Å²) in [6, 6.07) is 7.10. The zero-order valence-electron chi connectivity index (χ0n) is 23.1. The van der Waals surface area contributed by atoms with Crippen LogP contribution in [0.15, 0.2) is 36.7 Å². The number of amides is 2. The smallest absolute Gasteiger partial charge is 0.308 e. The van der Waals surface area contributed by atoms with Gasteiger partial charge in [0.25, 0.3) is 5.91 Å². The highest BCUT2D eigenvalue weighted by atomic mass is 16.5. The van der Waals surface area contributed by atoms with Crippen molar-refractivity contribution < 1.29 is 23.9 Å². The lowest BCUT2D eigenvalue weighted by Crippen LogP contribution is -2.45. The van der Waals surface area contributed by atoms with E-state index >= 15 is 0 Å². The topological polar surface area (TPSA) is 123 Å². The van der Waals surface area contributed by atoms with Crippen LogP contribution in [0.2, 0.25) is 0 Å². The first-order valence-corrected chi connectivity index (χ1v) is 14.5. The van der Waals surface area contributed by atoms with Crippen LogP contribution in [0.25, 0.3) is 11.1 Å². The number of anilines is 1. The Kier molecular flexibility index (Phi) is 9.26. The minimum atomic E-state index is -0.394. The highest BCUT2D eigenvalue weighted by molar-refractivity contribution is 5.96. The van der Waals surface area contributed by atoms with E-state index < -0.39 is 5.91 Å². The normalized spacial score (nSPS) is 21.8. The molecule has 0 radical (unpaired) electrons. The van der Waals surface area contributed by atoms with E-state index in [1.807, 2.05) is 24.5 Å². The number of hydrogen-bond donors (Lipinski definition) is 2. The molecule has 214 valence electrons. The second kappa shape index (κ2) is 13.2. The summed E-state index contributed by atoms with van der Waals surface area (Å²) in [6.45, 7) is 2.69. The first-order chi connectivity index (χ1) is 19.5. The molecule has 1 aliphatic heterocycles. The summed E-state index contributed by atoms with van der Waals surface area (Å²) in [5.74, 6) is 0.260. The van der Waals surface area contributed by atoms with Crippen LogP contribution in [0, 0.1) is 17.8 Å². The van der Waals surface area contributed by atoms with Crippen LogP contribution in [-0.2, 0) is 19.1 Å². The van der Waals surface area contributed by atoms with Gasteiger partial charge in [-0.2, -0.15) is 0 Å². The lowest BCUT2D eigenvalue weighted by molar-refractivity contribution is -0.147. The number of methoxy groups -OCH3 is 1. The lowest BCUT2D eigenvalue weighted by Gasteiger charge is -2.34. The van der Waals surface area contributed by atoms with Crippen molar-refractivity contribution in [1.29, 1.82) is 0 Å². The molecule has 0 bridgehead atoms. The number of hydrazine groups is 1. The van der Waals surface area contributed by atoms with E-state index in [0.717, 1.165) is 55.5 Å². The average molecular weight is 550 g/mol. The van der Waals surface area contributed by atoms with Gasteiger partial charge in [-0.3, -0.25) is 25.2 Å². The van der Waals surface area contributed by atoms with Gasteiger partial charge in [-0.25, -0.2) is 9.97 Å². The van der Waals surface area contributed by atoms with E-state index in [1.165, 1.54) is 26.4 Å².